The van der Waals surface area contributed by atoms with Crippen molar-refractivity contribution in [3.8, 4) is 11.5 Å². The summed E-state index contributed by atoms with van der Waals surface area (Å²) in [5.41, 5.74) is 0.264. The van der Waals surface area contributed by atoms with E-state index in [1.54, 1.807) is 17.9 Å². The second-order valence-electron chi connectivity index (χ2n) is 6.24. The minimum atomic E-state index is -2.45. The number of carbonyl (C=O) groups is 5. The molecule has 12 nitrogen and oxygen atoms in total. The van der Waals surface area contributed by atoms with Gasteiger partial charge in [-0.25, -0.2) is 9.59 Å². The van der Waals surface area contributed by atoms with Crippen LogP contribution in [0.4, 0.5) is 8.39 Å². The maximum atomic E-state index is 12.6. The van der Waals surface area contributed by atoms with E-state index >= 15 is 0 Å². The summed E-state index contributed by atoms with van der Waals surface area (Å²) in [5, 5.41) is 9.00. The number of nitrogens with zero attached hydrogens (tertiary/aromatic N) is 1. The number of ether oxygens (including phenoxy) is 2. The maximum Gasteiger partial charge on any atom is 1.00 e. The van der Waals surface area contributed by atoms with Crippen LogP contribution in [0.25, 0.3) is 0 Å². The van der Waals surface area contributed by atoms with Gasteiger partial charge in [-0.05, 0) is 61.2 Å². The van der Waals surface area contributed by atoms with Crippen LogP contribution in [-0.2, 0) is 13.8 Å². The third-order valence-corrected chi connectivity index (χ3v) is 5.29. The number of hydrogen-bond donors (Lipinski definition) is 0. The third-order valence-electron chi connectivity index (χ3n) is 3.98. The molecule has 0 aliphatic rings. The van der Waals surface area contributed by atoms with E-state index in [0.717, 1.165) is 11.4 Å². The molecule has 0 spiro atoms. The molecule has 2 aromatic carbocycles. The van der Waals surface area contributed by atoms with Crippen LogP contribution in [0.15, 0.2) is 41.7 Å². The van der Waals surface area contributed by atoms with Crippen molar-refractivity contribution in [1.82, 2.24) is 0 Å². The molecule has 4 atom stereocenters. The van der Waals surface area contributed by atoms with Gasteiger partial charge in [0, 0.05) is 11.1 Å². The Morgan fingerprint density at radius 2 is 1.23 bits per heavy atom. The van der Waals surface area contributed by atoms with Gasteiger partial charge in [-0.1, -0.05) is 0 Å². The summed E-state index contributed by atoms with van der Waals surface area (Å²) in [4.78, 5) is 63.8. The second-order valence-corrected chi connectivity index (χ2v) is 10.1. The average molecular weight is 635 g/mol. The Hall–Kier alpha value is -2.03. The Balaban J connectivity index is 0. The van der Waals surface area contributed by atoms with Gasteiger partial charge in [0.2, 0.25) is 5.78 Å². The molecule has 0 saturated carbocycles. The fourth-order valence-electron chi connectivity index (χ4n) is 2.43. The molecule has 4 unspecified atom stereocenters. The van der Waals surface area contributed by atoms with E-state index in [1.165, 1.54) is 51.5 Å². The summed E-state index contributed by atoms with van der Waals surface area (Å²) in [5.74, 6) is -2.44. The number of hydrogen-bond acceptors (Lipinski definition) is 12. The van der Waals surface area contributed by atoms with E-state index < -0.39 is 34.0 Å². The van der Waals surface area contributed by atoms with Crippen molar-refractivity contribution in [2.75, 3.05) is 14.2 Å². The first-order chi connectivity index (χ1) is 17.9. The Bertz CT molecular complexity index is 1170. The summed E-state index contributed by atoms with van der Waals surface area (Å²) in [6, 6.07) is 8.10. The fraction of sp³-hybridized carbons (Fsp3) is 0.150. The molecule has 2 aromatic rings. The SMILES string of the molecule is COc1ccc(C(=O)C=O)cc1C(=O)OP(F)P.COc1ccc(C(C)=O)cc1C(=O)OP(F)P.O=N[O-].[Na+]. The number of Topliss-reactive ketones (excluding diaryl/α,β-unsaturated/α-hetero) is 2. The average Bonchev–Trinajstić information content (AvgIpc) is 2.87. The zero-order valence-corrected chi connectivity index (χ0v) is 26.9. The molecule has 0 N–H and O–H groups in total. The topological polar surface area (TPSA) is 175 Å². The van der Waals surface area contributed by atoms with E-state index in [-0.39, 0.29) is 69.8 Å². The van der Waals surface area contributed by atoms with Crippen LogP contribution in [0.5, 0.6) is 11.5 Å². The van der Waals surface area contributed by atoms with Crippen LogP contribution in [0.1, 0.15) is 48.4 Å². The minimum absolute atomic E-state index is 0. The molecule has 0 amide bonds. The molecule has 0 aromatic heterocycles. The van der Waals surface area contributed by atoms with Crippen molar-refractivity contribution in [3.63, 3.8) is 0 Å². The van der Waals surface area contributed by atoms with Gasteiger partial charge in [0.05, 0.1) is 14.2 Å². The van der Waals surface area contributed by atoms with Crippen molar-refractivity contribution in [2.45, 2.75) is 6.92 Å². The van der Waals surface area contributed by atoms with Crippen LogP contribution in [0.2, 0.25) is 0 Å². The molecule has 0 radical (unpaired) electrons. The van der Waals surface area contributed by atoms with E-state index in [9.17, 15) is 32.4 Å². The van der Waals surface area contributed by atoms with Crippen LogP contribution in [-0.4, -0.2) is 44.0 Å². The van der Waals surface area contributed by atoms with Crippen molar-refractivity contribution < 1.29 is 80.4 Å². The second kappa shape index (κ2) is 20.8. The van der Waals surface area contributed by atoms with E-state index in [2.05, 4.69) is 9.05 Å². The summed E-state index contributed by atoms with van der Waals surface area (Å²) >= 11 is 0. The number of carbonyl (C=O) groups excluding carboxylic acids is 5. The first-order valence-corrected chi connectivity index (χ1v) is 15.1. The number of methoxy groups -OCH3 is 2. The van der Waals surface area contributed by atoms with Gasteiger partial charge in [-0.3, -0.25) is 14.4 Å². The van der Waals surface area contributed by atoms with E-state index in [0.29, 0.717) is 5.56 Å². The summed E-state index contributed by atoms with van der Waals surface area (Å²) in [7, 11) is 1.33. The van der Waals surface area contributed by atoms with Crippen LogP contribution < -0.4 is 39.0 Å². The van der Waals surface area contributed by atoms with Gasteiger partial charge < -0.3 is 28.6 Å². The van der Waals surface area contributed by atoms with Gasteiger partial charge >= 0.3 is 41.5 Å². The minimum Gasteiger partial charge on any atom is -0.496 e. The fourth-order valence-corrected chi connectivity index (χ4v) is 3.52. The van der Waals surface area contributed by atoms with Crippen molar-refractivity contribution >= 4 is 63.9 Å². The molecule has 206 valence electrons. The predicted octanol–water partition coefficient (Wildman–Crippen LogP) is 2.69. The molecule has 2 rings (SSSR count). The molecule has 0 aliphatic heterocycles. The number of ketones is 2. The number of aldehydes is 1. The molecular weight excluding hydrogens is 615 g/mol. The maximum absolute atomic E-state index is 12.6. The molecule has 0 fully saturated rings. The van der Waals surface area contributed by atoms with E-state index in [4.69, 9.17) is 19.6 Å². The summed E-state index contributed by atoms with van der Waals surface area (Å²) in [6.07, 6.45) is 0.120. The Morgan fingerprint density at radius 1 is 0.872 bits per heavy atom. The standard InChI is InChI=1S/C10H9FO5P2.C10H11FO4P2.HNO2.Na/c1-15-9-3-2-6(8(13)5-12)4-7(9)10(14)16-18(11)17;1-6(12)7-3-4-9(14-2)8(5-7)10(13)15-17(11)16;2-1-3;/h2-5H,17H2,1H3;3-5H,16H2,1-2H3;(H,2,3);/q;;;+1/p-1. The summed E-state index contributed by atoms with van der Waals surface area (Å²) < 4.78 is 43.9. The molecule has 39 heavy (non-hydrogen) atoms. The predicted molar refractivity (Wildman–Crippen MR) is 142 cm³/mol. The van der Waals surface area contributed by atoms with Crippen LogP contribution in [0.3, 0.4) is 0 Å². The van der Waals surface area contributed by atoms with Crippen LogP contribution >= 0.6 is 34.2 Å². The third kappa shape index (κ3) is 14.3. The van der Waals surface area contributed by atoms with Gasteiger partial charge in [-0.2, -0.15) is 8.39 Å². The Morgan fingerprint density at radius 3 is 1.54 bits per heavy atom. The van der Waals surface area contributed by atoms with Gasteiger partial charge in [0.25, 0.3) is 16.3 Å². The van der Waals surface area contributed by atoms with Gasteiger partial charge in [0.1, 0.15) is 22.6 Å². The van der Waals surface area contributed by atoms with Crippen molar-refractivity contribution in [2.24, 2.45) is 5.34 Å². The van der Waals surface area contributed by atoms with Crippen LogP contribution in [0, 0.1) is 10.1 Å². The smallest absolute Gasteiger partial charge is 0.496 e. The molecular formula is C20H20F2NNaO11P4. The Kier molecular flexibility index (Phi) is 20.9. The number of rotatable bonds is 9. The number of benzene rings is 2. The number of halogens is 2. The zero-order chi connectivity index (χ0) is 29.4. The summed E-state index contributed by atoms with van der Waals surface area (Å²) in [6.45, 7) is 1.37. The quantitative estimate of drug-likeness (QED) is 0.0754. The molecule has 0 saturated heterocycles. The molecule has 19 heteroatoms. The molecule has 0 aliphatic carbocycles. The van der Waals surface area contributed by atoms with Gasteiger partial charge in [0.15, 0.2) is 12.1 Å². The van der Waals surface area contributed by atoms with Gasteiger partial charge in [-0.15, -0.1) is 5.34 Å². The van der Waals surface area contributed by atoms with Crippen molar-refractivity contribution in [1.29, 1.82) is 0 Å². The first kappa shape index (κ1) is 39.1. The normalized spacial score (nSPS) is 10.7. The Labute approximate surface area is 250 Å². The van der Waals surface area contributed by atoms with Crippen molar-refractivity contribution in [3.05, 3.63) is 68.8 Å². The monoisotopic (exact) mass is 635 g/mol. The zero-order valence-electron chi connectivity index (χ0n) is 20.8. The molecule has 0 heterocycles. The largest absolute Gasteiger partial charge is 1.00 e. The van der Waals surface area contributed by atoms with E-state index in [1.807, 2.05) is 0 Å². The molecule has 0 bridgehead atoms. The first-order valence-electron chi connectivity index (χ1n) is 9.53.